The van der Waals surface area contributed by atoms with E-state index < -0.39 is 18.8 Å². The van der Waals surface area contributed by atoms with Gasteiger partial charge >= 0.3 is 6.18 Å². The van der Waals surface area contributed by atoms with E-state index >= 15 is 0 Å². The smallest absolute Gasteiger partial charge is 0.408 e. The molecule has 1 aromatic carbocycles. The minimum absolute atomic E-state index is 0.140. The lowest BCUT2D eigenvalue weighted by Crippen LogP contribution is -2.28. The average Bonchev–Trinajstić information content (AvgIpc) is 3.16. The normalized spacial score (nSPS) is 17.8. The Morgan fingerprint density at radius 3 is 2.62 bits per heavy atom. The summed E-state index contributed by atoms with van der Waals surface area (Å²) in [5.74, 6) is 2.16. The summed E-state index contributed by atoms with van der Waals surface area (Å²) >= 11 is 0. The predicted octanol–water partition coefficient (Wildman–Crippen LogP) is 3.10. The Bertz CT molecular complexity index is 815. The highest BCUT2D eigenvalue weighted by Crippen LogP contribution is 2.41. The quantitative estimate of drug-likeness (QED) is 0.812. The van der Waals surface area contributed by atoms with Crippen molar-refractivity contribution in [1.29, 1.82) is 0 Å². The second-order valence-corrected chi connectivity index (χ2v) is 6.85. The van der Waals surface area contributed by atoms with E-state index in [1.165, 1.54) is 0 Å². The number of aromatic nitrogens is 3. The van der Waals surface area contributed by atoms with Crippen molar-refractivity contribution in [1.82, 2.24) is 19.7 Å². The number of fused-ring (bicyclic) bond motifs is 1. The van der Waals surface area contributed by atoms with Gasteiger partial charge in [-0.1, -0.05) is 6.07 Å². The van der Waals surface area contributed by atoms with Crippen LogP contribution in [0, 0.1) is 0 Å². The molecule has 0 spiro atoms. The molecule has 0 amide bonds. The summed E-state index contributed by atoms with van der Waals surface area (Å²) in [4.78, 5) is 6.31. The van der Waals surface area contributed by atoms with Crippen molar-refractivity contribution in [2.45, 2.75) is 37.5 Å². The molecule has 1 aliphatic heterocycles. The van der Waals surface area contributed by atoms with Gasteiger partial charge in [0.25, 0.3) is 0 Å². The number of halogens is 3. The van der Waals surface area contributed by atoms with Gasteiger partial charge < -0.3 is 9.47 Å². The maximum absolute atomic E-state index is 13.1. The number of ether oxygens (including phenoxy) is 2. The molecule has 0 saturated heterocycles. The van der Waals surface area contributed by atoms with Gasteiger partial charge in [0.1, 0.15) is 12.4 Å². The third-order valence-electron chi connectivity index (χ3n) is 4.46. The van der Waals surface area contributed by atoms with Crippen LogP contribution in [0.2, 0.25) is 0 Å². The lowest BCUT2D eigenvalue weighted by molar-refractivity contribution is -0.143. The van der Waals surface area contributed by atoms with Gasteiger partial charge in [0.05, 0.1) is 6.04 Å². The largest absolute Gasteiger partial charge is 0.454 e. The number of benzene rings is 1. The highest BCUT2D eigenvalue weighted by Gasteiger charge is 2.36. The molecule has 2 aromatic rings. The van der Waals surface area contributed by atoms with Crippen LogP contribution in [0.15, 0.2) is 18.2 Å². The molecule has 0 unspecified atom stereocenters. The molecule has 0 radical (unpaired) electrons. The van der Waals surface area contributed by atoms with E-state index in [1.54, 1.807) is 26.2 Å². The third kappa shape index (κ3) is 3.35. The first-order chi connectivity index (χ1) is 12.3. The molecular weight excluding hydrogens is 349 g/mol. The Morgan fingerprint density at radius 2 is 1.96 bits per heavy atom. The summed E-state index contributed by atoms with van der Waals surface area (Å²) in [6.07, 6.45) is -2.52. The van der Waals surface area contributed by atoms with Crippen molar-refractivity contribution in [3.63, 3.8) is 0 Å². The molecular formula is C17H19F3N4O2. The van der Waals surface area contributed by atoms with Crippen LogP contribution in [0.4, 0.5) is 13.2 Å². The molecule has 1 fully saturated rings. The Kier molecular flexibility index (Phi) is 4.06. The first kappa shape index (κ1) is 17.1. The van der Waals surface area contributed by atoms with Crippen molar-refractivity contribution in [2.24, 2.45) is 0 Å². The van der Waals surface area contributed by atoms with Crippen molar-refractivity contribution in [3.8, 4) is 11.5 Å². The van der Waals surface area contributed by atoms with Gasteiger partial charge in [-0.25, -0.2) is 9.67 Å². The van der Waals surface area contributed by atoms with Crippen molar-refractivity contribution < 1.29 is 22.6 Å². The van der Waals surface area contributed by atoms with Gasteiger partial charge in [-0.3, -0.25) is 4.90 Å². The minimum atomic E-state index is -4.37. The highest BCUT2D eigenvalue weighted by atomic mass is 19.4. The van der Waals surface area contributed by atoms with Gasteiger partial charge in [-0.2, -0.15) is 18.3 Å². The molecule has 0 N–H and O–H groups in total. The summed E-state index contributed by atoms with van der Waals surface area (Å²) in [5, 5.41) is 4.16. The Morgan fingerprint density at radius 1 is 1.23 bits per heavy atom. The zero-order valence-corrected chi connectivity index (χ0v) is 14.5. The summed E-state index contributed by atoms with van der Waals surface area (Å²) < 4.78 is 50.9. The summed E-state index contributed by atoms with van der Waals surface area (Å²) in [7, 11) is 3.61. The summed E-state index contributed by atoms with van der Waals surface area (Å²) in [6, 6.07) is 4.89. The lowest BCUT2D eigenvalue weighted by atomic mass is 10.0. The molecule has 2 heterocycles. The molecule has 140 valence electrons. The van der Waals surface area contributed by atoms with Crippen molar-refractivity contribution in [3.05, 3.63) is 35.4 Å². The standard InChI is InChI=1S/C17H19F3N4O2/c1-23(2)14(11-5-6-12-13(7-11)26-9-25-12)16-21-15(10-3-4-10)22-24(16)8-17(18,19)20/h5-7,10,14H,3-4,8-9H2,1-2H3/t14-/m0/s1. The molecule has 1 aromatic heterocycles. The predicted molar refractivity (Wildman–Crippen MR) is 86.1 cm³/mol. The number of hydrogen-bond donors (Lipinski definition) is 0. The van der Waals surface area contributed by atoms with Gasteiger partial charge in [-0.15, -0.1) is 0 Å². The second kappa shape index (κ2) is 6.15. The number of rotatable bonds is 5. The first-order valence-corrected chi connectivity index (χ1v) is 8.39. The van der Waals surface area contributed by atoms with E-state index in [0.29, 0.717) is 17.3 Å². The van der Waals surface area contributed by atoms with E-state index in [2.05, 4.69) is 10.1 Å². The number of nitrogens with zero attached hydrogens (tertiary/aromatic N) is 4. The average molecular weight is 368 g/mol. The van der Waals surface area contributed by atoms with E-state index in [9.17, 15) is 13.2 Å². The maximum atomic E-state index is 13.1. The van der Waals surface area contributed by atoms with Crippen molar-refractivity contribution in [2.75, 3.05) is 20.9 Å². The molecule has 0 bridgehead atoms. The molecule has 1 atom stereocenters. The van der Waals surface area contributed by atoms with Crippen LogP contribution >= 0.6 is 0 Å². The Hall–Kier alpha value is -2.29. The fraction of sp³-hybridized carbons (Fsp3) is 0.529. The molecule has 2 aliphatic rings. The molecule has 1 saturated carbocycles. The van der Waals surface area contributed by atoms with Gasteiger partial charge in [0.2, 0.25) is 6.79 Å². The van der Waals surface area contributed by atoms with Crippen LogP contribution in [-0.4, -0.2) is 46.7 Å². The lowest BCUT2D eigenvalue weighted by Gasteiger charge is -2.25. The first-order valence-electron chi connectivity index (χ1n) is 8.39. The molecule has 4 rings (SSSR count). The van der Waals surface area contributed by atoms with Crippen LogP contribution in [0.5, 0.6) is 11.5 Å². The molecule has 26 heavy (non-hydrogen) atoms. The SMILES string of the molecule is CN(C)[C@@H](c1ccc2c(c1)OCO2)c1nc(C2CC2)nn1CC(F)(F)F. The van der Waals surface area contributed by atoms with Gasteiger partial charge in [-0.05, 0) is 44.6 Å². The molecule has 6 nitrogen and oxygen atoms in total. The zero-order valence-electron chi connectivity index (χ0n) is 14.5. The van der Waals surface area contributed by atoms with Gasteiger partial charge in [0.15, 0.2) is 17.3 Å². The van der Waals surface area contributed by atoms with Crippen LogP contribution in [0.1, 0.15) is 42.0 Å². The van der Waals surface area contributed by atoms with E-state index in [4.69, 9.17) is 9.47 Å². The molecule has 1 aliphatic carbocycles. The topological polar surface area (TPSA) is 52.4 Å². The summed E-state index contributed by atoms with van der Waals surface area (Å²) in [5.41, 5.74) is 0.775. The van der Waals surface area contributed by atoms with Gasteiger partial charge in [0, 0.05) is 5.92 Å². The van der Waals surface area contributed by atoms with E-state index in [1.807, 2.05) is 11.0 Å². The molecule has 9 heteroatoms. The number of hydrogen-bond acceptors (Lipinski definition) is 5. The van der Waals surface area contributed by atoms with Crippen LogP contribution in [-0.2, 0) is 6.54 Å². The van der Waals surface area contributed by atoms with E-state index in [0.717, 1.165) is 23.1 Å². The minimum Gasteiger partial charge on any atom is -0.454 e. The van der Waals surface area contributed by atoms with E-state index in [-0.39, 0.29) is 18.5 Å². The number of alkyl halides is 3. The monoisotopic (exact) mass is 368 g/mol. The maximum Gasteiger partial charge on any atom is 0.408 e. The fourth-order valence-electron chi connectivity index (χ4n) is 3.14. The van der Waals surface area contributed by atoms with Crippen LogP contribution in [0.25, 0.3) is 0 Å². The third-order valence-corrected chi connectivity index (χ3v) is 4.46. The zero-order chi connectivity index (χ0) is 18.5. The summed E-state index contributed by atoms with van der Waals surface area (Å²) in [6.45, 7) is -1.02. The Labute approximate surface area is 148 Å². The van der Waals surface area contributed by atoms with Crippen LogP contribution in [0.3, 0.4) is 0 Å². The fourth-order valence-corrected chi connectivity index (χ4v) is 3.14. The van der Waals surface area contributed by atoms with Crippen LogP contribution < -0.4 is 9.47 Å². The second-order valence-electron chi connectivity index (χ2n) is 6.85. The highest BCUT2D eigenvalue weighted by molar-refractivity contribution is 5.46. The van der Waals surface area contributed by atoms with Crippen molar-refractivity contribution >= 4 is 0 Å². The Balaban J connectivity index is 1.76.